The van der Waals surface area contributed by atoms with Crippen LogP contribution in [0.15, 0.2) is 18.5 Å². The van der Waals surface area contributed by atoms with E-state index >= 15 is 0 Å². The summed E-state index contributed by atoms with van der Waals surface area (Å²) in [6.07, 6.45) is 5.45. The molecule has 2 heterocycles. The number of nitrogens with one attached hydrogen (secondary N) is 3. The van der Waals surface area contributed by atoms with E-state index in [2.05, 4.69) is 30.8 Å². The smallest absolute Gasteiger partial charge is 0.407 e. The number of carbonyl (C=O) groups excluding carboxylic acids is 1. The van der Waals surface area contributed by atoms with Crippen LogP contribution in [-0.2, 0) is 4.74 Å². The summed E-state index contributed by atoms with van der Waals surface area (Å²) in [5, 5.41) is 13.5. The zero-order valence-corrected chi connectivity index (χ0v) is 15.8. The van der Waals surface area contributed by atoms with Crippen molar-refractivity contribution in [2.24, 2.45) is 0 Å². The summed E-state index contributed by atoms with van der Waals surface area (Å²) in [4.78, 5) is 20.6. The summed E-state index contributed by atoms with van der Waals surface area (Å²) >= 11 is 6.17. The summed E-state index contributed by atoms with van der Waals surface area (Å²) in [5.74, 6) is 0.496. The number of carbonyl (C=O) groups is 1. The first-order valence-corrected chi connectivity index (χ1v) is 8.97. The van der Waals surface area contributed by atoms with Crippen molar-refractivity contribution < 1.29 is 9.53 Å². The van der Waals surface area contributed by atoms with E-state index in [-0.39, 0.29) is 18.2 Å². The van der Waals surface area contributed by atoms with E-state index in [1.807, 2.05) is 20.8 Å². The Kier molecular flexibility index (Phi) is 5.31. The molecular weight excluding hydrogens is 356 g/mol. The molecule has 9 heteroatoms. The van der Waals surface area contributed by atoms with Gasteiger partial charge in [-0.2, -0.15) is 5.10 Å². The number of halogens is 1. The Labute approximate surface area is 157 Å². The van der Waals surface area contributed by atoms with Crippen LogP contribution >= 0.6 is 11.6 Å². The van der Waals surface area contributed by atoms with Gasteiger partial charge >= 0.3 is 6.09 Å². The Hall–Kier alpha value is -2.35. The second-order valence-electron chi connectivity index (χ2n) is 7.35. The molecule has 3 N–H and O–H groups in total. The second kappa shape index (κ2) is 7.49. The lowest BCUT2D eigenvalue weighted by Gasteiger charge is -2.21. The van der Waals surface area contributed by atoms with Crippen molar-refractivity contribution in [3.8, 4) is 11.4 Å². The van der Waals surface area contributed by atoms with Crippen LogP contribution < -0.4 is 10.6 Å². The lowest BCUT2D eigenvalue weighted by Crippen LogP contribution is -2.38. The molecule has 1 aliphatic carbocycles. The highest BCUT2D eigenvalue weighted by Crippen LogP contribution is 2.26. The molecule has 0 radical (unpaired) electrons. The number of nitrogens with zero attached hydrogens (tertiary/aromatic N) is 3. The van der Waals surface area contributed by atoms with Crippen molar-refractivity contribution in [3.05, 3.63) is 23.5 Å². The Morgan fingerprint density at radius 3 is 2.81 bits per heavy atom. The predicted octanol–water partition coefficient (Wildman–Crippen LogP) is 3.38. The normalized spacial score (nSPS) is 20.0. The minimum absolute atomic E-state index is 0.0699. The quantitative estimate of drug-likeness (QED) is 0.753. The van der Waals surface area contributed by atoms with Gasteiger partial charge in [0.25, 0.3) is 0 Å². The van der Waals surface area contributed by atoms with Gasteiger partial charge in [-0.05, 0) is 46.1 Å². The largest absolute Gasteiger partial charge is 0.444 e. The number of hydrogen-bond acceptors (Lipinski definition) is 6. The lowest BCUT2D eigenvalue weighted by atomic mass is 10.2. The van der Waals surface area contributed by atoms with Crippen LogP contribution in [-0.4, -0.2) is 43.9 Å². The molecule has 0 aliphatic heterocycles. The van der Waals surface area contributed by atoms with Gasteiger partial charge in [0.1, 0.15) is 17.0 Å². The zero-order chi connectivity index (χ0) is 18.7. The fourth-order valence-electron chi connectivity index (χ4n) is 2.91. The number of anilines is 1. The molecule has 3 rings (SSSR count). The Morgan fingerprint density at radius 1 is 1.35 bits per heavy atom. The van der Waals surface area contributed by atoms with Gasteiger partial charge in [0.15, 0.2) is 0 Å². The predicted molar refractivity (Wildman–Crippen MR) is 99.0 cm³/mol. The van der Waals surface area contributed by atoms with E-state index < -0.39 is 5.60 Å². The number of rotatable bonds is 4. The number of H-pyrrole nitrogens is 1. The third kappa shape index (κ3) is 4.85. The van der Waals surface area contributed by atoms with Crippen LogP contribution in [0.5, 0.6) is 0 Å². The van der Waals surface area contributed by atoms with Crippen molar-refractivity contribution in [1.82, 2.24) is 25.5 Å². The van der Waals surface area contributed by atoms with Gasteiger partial charge in [-0.25, -0.2) is 14.8 Å². The maximum absolute atomic E-state index is 11.9. The first-order valence-electron chi connectivity index (χ1n) is 8.59. The summed E-state index contributed by atoms with van der Waals surface area (Å²) in [6, 6.07) is 2.04. The summed E-state index contributed by atoms with van der Waals surface area (Å²) < 4.78 is 5.30. The fourth-order valence-corrected chi connectivity index (χ4v) is 3.10. The molecule has 2 atom stereocenters. The van der Waals surface area contributed by atoms with Gasteiger partial charge < -0.3 is 15.4 Å². The Balaban J connectivity index is 1.57. The monoisotopic (exact) mass is 378 g/mol. The Bertz CT molecular complexity index is 759. The third-order valence-corrected chi connectivity index (χ3v) is 4.25. The number of ether oxygens (including phenoxy) is 1. The average molecular weight is 379 g/mol. The van der Waals surface area contributed by atoms with E-state index in [1.54, 1.807) is 18.5 Å². The molecule has 26 heavy (non-hydrogen) atoms. The molecule has 0 spiro atoms. The topological polar surface area (TPSA) is 105 Å². The number of aromatic amines is 1. The molecule has 8 nitrogen and oxygen atoms in total. The van der Waals surface area contributed by atoms with Crippen molar-refractivity contribution in [2.75, 3.05) is 5.32 Å². The van der Waals surface area contributed by atoms with E-state index in [9.17, 15) is 4.79 Å². The van der Waals surface area contributed by atoms with E-state index in [0.29, 0.717) is 22.4 Å². The fraction of sp³-hybridized carbons (Fsp3) is 0.529. The third-order valence-electron chi connectivity index (χ3n) is 3.97. The molecule has 2 aromatic rings. The van der Waals surface area contributed by atoms with Gasteiger partial charge in [0, 0.05) is 18.3 Å². The molecule has 0 saturated heterocycles. The van der Waals surface area contributed by atoms with E-state index in [4.69, 9.17) is 16.3 Å². The summed E-state index contributed by atoms with van der Waals surface area (Å²) in [6.45, 7) is 5.54. The van der Waals surface area contributed by atoms with Gasteiger partial charge in [0.2, 0.25) is 5.95 Å². The summed E-state index contributed by atoms with van der Waals surface area (Å²) in [7, 11) is 0. The molecule has 1 amide bonds. The molecular formula is C17H23ClN6O2. The zero-order valence-electron chi connectivity index (χ0n) is 15.0. The lowest BCUT2D eigenvalue weighted by molar-refractivity contribution is 0.0505. The molecule has 2 aromatic heterocycles. The number of amides is 1. The summed E-state index contributed by atoms with van der Waals surface area (Å²) in [5.41, 5.74) is 0.739. The highest BCUT2D eigenvalue weighted by Gasteiger charge is 2.28. The van der Waals surface area contributed by atoms with Crippen molar-refractivity contribution in [1.29, 1.82) is 0 Å². The number of hydrogen-bond donors (Lipinski definition) is 3. The molecule has 0 aromatic carbocycles. The standard InChI is InChI=1S/C17H23ClN6O2/c1-17(2,3)26-16(25)22-11-5-4-10(8-11)21-15-19-9-12(18)14(23-15)13-6-7-20-24-13/h6-7,9-11H,4-5,8H2,1-3H3,(H,20,24)(H,22,25)(H,19,21,23)/t10?,11-/m1/s1. The molecule has 1 fully saturated rings. The maximum Gasteiger partial charge on any atom is 0.407 e. The van der Waals surface area contributed by atoms with Gasteiger partial charge in [-0.1, -0.05) is 11.6 Å². The Morgan fingerprint density at radius 2 is 2.12 bits per heavy atom. The number of aromatic nitrogens is 4. The maximum atomic E-state index is 11.9. The average Bonchev–Trinajstić information content (AvgIpc) is 3.19. The van der Waals surface area contributed by atoms with Crippen LogP contribution in [0.1, 0.15) is 40.0 Å². The van der Waals surface area contributed by atoms with Crippen LogP contribution in [0, 0.1) is 0 Å². The van der Waals surface area contributed by atoms with E-state index in [0.717, 1.165) is 19.3 Å². The van der Waals surface area contributed by atoms with Crippen LogP contribution in [0.3, 0.4) is 0 Å². The first-order chi connectivity index (χ1) is 12.3. The minimum atomic E-state index is -0.500. The second-order valence-corrected chi connectivity index (χ2v) is 7.75. The van der Waals surface area contributed by atoms with Crippen LogP contribution in [0.4, 0.5) is 10.7 Å². The van der Waals surface area contributed by atoms with Crippen LogP contribution in [0.2, 0.25) is 5.02 Å². The van der Waals surface area contributed by atoms with Gasteiger partial charge in [0.05, 0.1) is 11.2 Å². The molecule has 1 unspecified atom stereocenters. The van der Waals surface area contributed by atoms with Crippen molar-refractivity contribution >= 4 is 23.6 Å². The highest BCUT2D eigenvalue weighted by atomic mass is 35.5. The molecule has 0 bridgehead atoms. The van der Waals surface area contributed by atoms with Crippen molar-refractivity contribution in [2.45, 2.75) is 57.7 Å². The van der Waals surface area contributed by atoms with Crippen LogP contribution in [0.25, 0.3) is 11.4 Å². The minimum Gasteiger partial charge on any atom is -0.444 e. The van der Waals surface area contributed by atoms with Crippen molar-refractivity contribution in [3.63, 3.8) is 0 Å². The van der Waals surface area contributed by atoms with Gasteiger partial charge in [-0.3, -0.25) is 5.10 Å². The SMILES string of the molecule is CC(C)(C)OC(=O)N[C@@H]1CCC(Nc2ncc(Cl)c(-c3cc[nH]n3)n2)C1. The first kappa shape index (κ1) is 18.4. The molecule has 1 saturated carbocycles. The van der Waals surface area contributed by atoms with E-state index in [1.165, 1.54) is 0 Å². The van der Waals surface area contributed by atoms with Gasteiger partial charge in [-0.15, -0.1) is 0 Å². The highest BCUT2D eigenvalue weighted by molar-refractivity contribution is 6.32. The molecule has 140 valence electrons. The molecule has 1 aliphatic rings. The number of alkyl carbamates (subject to hydrolysis) is 1.